The van der Waals surface area contributed by atoms with Gasteiger partial charge in [0.05, 0.1) is 23.8 Å². The van der Waals surface area contributed by atoms with Crippen molar-refractivity contribution in [2.24, 2.45) is 5.73 Å². The SMILES string of the molecule is CCOc1cc(-c2nc(C(=O)NCc3c(Cl)cncc3Cl)c([C@H](C)OC(N)=O)o2)ccc1OC. The zero-order chi connectivity index (χ0) is 24.8. The van der Waals surface area contributed by atoms with Gasteiger partial charge in [-0.05, 0) is 32.0 Å². The van der Waals surface area contributed by atoms with E-state index in [1.165, 1.54) is 26.4 Å². The van der Waals surface area contributed by atoms with Gasteiger partial charge in [-0.2, -0.15) is 0 Å². The maximum absolute atomic E-state index is 13.0. The number of hydrogen-bond donors (Lipinski definition) is 2. The second-order valence-corrected chi connectivity index (χ2v) is 7.69. The van der Waals surface area contributed by atoms with Gasteiger partial charge < -0.3 is 29.7 Å². The van der Waals surface area contributed by atoms with Crippen LogP contribution in [-0.2, 0) is 11.3 Å². The molecular formula is C22H22Cl2N4O6. The first-order valence-corrected chi connectivity index (χ1v) is 10.8. The zero-order valence-electron chi connectivity index (χ0n) is 18.6. The Morgan fingerprint density at radius 3 is 2.53 bits per heavy atom. The highest BCUT2D eigenvalue weighted by Crippen LogP contribution is 2.34. The Labute approximate surface area is 205 Å². The Morgan fingerprint density at radius 2 is 1.91 bits per heavy atom. The number of oxazole rings is 1. The second kappa shape index (κ2) is 11.1. The molecule has 1 aromatic carbocycles. The Bertz CT molecular complexity index is 1180. The van der Waals surface area contributed by atoms with Gasteiger partial charge in [-0.3, -0.25) is 9.78 Å². The Balaban J connectivity index is 1.96. The van der Waals surface area contributed by atoms with Crippen molar-refractivity contribution in [3.05, 3.63) is 57.7 Å². The summed E-state index contributed by atoms with van der Waals surface area (Å²) < 4.78 is 21.7. The van der Waals surface area contributed by atoms with Crippen molar-refractivity contribution < 1.29 is 28.2 Å². The van der Waals surface area contributed by atoms with E-state index in [0.717, 1.165) is 0 Å². The molecular weight excluding hydrogens is 487 g/mol. The Morgan fingerprint density at radius 1 is 1.21 bits per heavy atom. The van der Waals surface area contributed by atoms with Crippen LogP contribution in [0.4, 0.5) is 4.79 Å². The van der Waals surface area contributed by atoms with Crippen molar-refractivity contribution in [3.63, 3.8) is 0 Å². The fourth-order valence-electron chi connectivity index (χ4n) is 3.06. The number of halogens is 2. The number of carbonyl (C=O) groups excluding carboxylic acids is 2. The summed E-state index contributed by atoms with van der Waals surface area (Å²) in [6.07, 6.45) is 0.806. The standard InChI is InChI=1S/C22H22Cl2N4O6/c1-4-32-17-7-12(5-6-16(17)31-3)21-28-18(19(34-21)11(2)33-22(25)30)20(29)27-8-13-14(23)9-26-10-15(13)24/h5-7,9-11H,4,8H2,1-3H3,(H2,25,30)(H,27,29)/t11-/m0/s1. The molecule has 2 aromatic heterocycles. The van der Waals surface area contributed by atoms with E-state index in [-0.39, 0.29) is 23.9 Å². The molecule has 2 heterocycles. The number of nitrogens with zero attached hydrogens (tertiary/aromatic N) is 2. The molecule has 0 aliphatic rings. The molecule has 0 bridgehead atoms. The summed E-state index contributed by atoms with van der Waals surface area (Å²) in [5, 5.41) is 3.27. The van der Waals surface area contributed by atoms with E-state index in [1.807, 2.05) is 6.92 Å². The van der Waals surface area contributed by atoms with E-state index in [9.17, 15) is 9.59 Å². The molecule has 0 saturated carbocycles. The van der Waals surface area contributed by atoms with E-state index in [1.54, 1.807) is 18.2 Å². The van der Waals surface area contributed by atoms with Gasteiger partial charge >= 0.3 is 6.09 Å². The summed E-state index contributed by atoms with van der Waals surface area (Å²) in [4.78, 5) is 32.5. The first-order chi connectivity index (χ1) is 16.2. The minimum Gasteiger partial charge on any atom is -0.493 e. The lowest BCUT2D eigenvalue weighted by molar-refractivity contribution is 0.0904. The summed E-state index contributed by atoms with van der Waals surface area (Å²) >= 11 is 12.2. The summed E-state index contributed by atoms with van der Waals surface area (Å²) in [5.74, 6) is 0.492. The lowest BCUT2D eigenvalue weighted by Crippen LogP contribution is -2.25. The number of amides is 2. The van der Waals surface area contributed by atoms with Crippen molar-refractivity contribution in [1.29, 1.82) is 0 Å². The van der Waals surface area contributed by atoms with Crippen LogP contribution in [0.15, 0.2) is 35.0 Å². The van der Waals surface area contributed by atoms with Crippen LogP contribution in [0.1, 0.15) is 41.8 Å². The summed E-state index contributed by atoms with van der Waals surface area (Å²) in [7, 11) is 1.52. The van der Waals surface area contributed by atoms with Crippen molar-refractivity contribution in [1.82, 2.24) is 15.3 Å². The van der Waals surface area contributed by atoms with Crippen LogP contribution in [0, 0.1) is 0 Å². The van der Waals surface area contributed by atoms with Crippen molar-refractivity contribution in [3.8, 4) is 23.0 Å². The largest absolute Gasteiger partial charge is 0.493 e. The average molecular weight is 509 g/mol. The number of rotatable bonds is 9. The molecule has 0 radical (unpaired) electrons. The van der Waals surface area contributed by atoms with Crippen LogP contribution in [0.2, 0.25) is 10.0 Å². The van der Waals surface area contributed by atoms with Gasteiger partial charge in [0.1, 0.15) is 0 Å². The average Bonchev–Trinajstić information content (AvgIpc) is 3.24. The second-order valence-electron chi connectivity index (χ2n) is 6.87. The third-order valence-corrected chi connectivity index (χ3v) is 5.27. The van der Waals surface area contributed by atoms with Crippen LogP contribution in [0.3, 0.4) is 0 Å². The fraction of sp³-hybridized carbons (Fsp3) is 0.273. The molecule has 0 aliphatic heterocycles. The molecule has 0 fully saturated rings. The minimum atomic E-state index is -1.03. The molecule has 0 spiro atoms. The normalized spacial score (nSPS) is 11.6. The molecule has 1 atom stereocenters. The van der Waals surface area contributed by atoms with Crippen LogP contribution >= 0.6 is 23.2 Å². The number of hydrogen-bond acceptors (Lipinski definition) is 8. The highest BCUT2D eigenvalue weighted by Gasteiger charge is 2.27. The van der Waals surface area contributed by atoms with E-state index >= 15 is 0 Å². The van der Waals surface area contributed by atoms with E-state index in [2.05, 4.69) is 15.3 Å². The molecule has 0 saturated heterocycles. The van der Waals surface area contributed by atoms with E-state index in [4.69, 9.17) is 47.6 Å². The van der Waals surface area contributed by atoms with Crippen molar-refractivity contribution in [2.75, 3.05) is 13.7 Å². The van der Waals surface area contributed by atoms with Gasteiger partial charge in [-0.25, -0.2) is 9.78 Å². The maximum Gasteiger partial charge on any atom is 0.405 e. The number of aromatic nitrogens is 2. The monoisotopic (exact) mass is 508 g/mol. The van der Waals surface area contributed by atoms with Crippen LogP contribution in [0.5, 0.6) is 11.5 Å². The fourth-order valence-corrected chi connectivity index (χ4v) is 3.56. The first kappa shape index (κ1) is 25.1. The number of benzene rings is 1. The van der Waals surface area contributed by atoms with Gasteiger partial charge in [-0.15, -0.1) is 0 Å². The summed E-state index contributed by atoms with van der Waals surface area (Å²) in [6.45, 7) is 3.75. The molecule has 3 aromatic rings. The quantitative estimate of drug-likeness (QED) is 0.429. The Hall–Kier alpha value is -3.50. The molecule has 2 amide bonds. The highest BCUT2D eigenvalue weighted by molar-refractivity contribution is 6.35. The number of nitrogens with one attached hydrogen (secondary N) is 1. The van der Waals surface area contributed by atoms with Gasteiger partial charge in [0.15, 0.2) is 29.1 Å². The van der Waals surface area contributed by atoms with Gasteiger partial charge in [0.2, 0.25) is 5.89 Å². The van der Waals surface area contributed by atoms with E-state index < -0.39 is 18.1 Å². The Kier molecular flexibility index (Phi) is 8.19. The third kappa shape index (κ3) is 5.70. The summed E-state index contributed by atoms with van der Waals surface area (Å²) in [5.41, 5.74) is 6.03. The molecule has 12 heteroatoms. The lowest BCUT2D eigenvalue weighted by atomic mass is 10.2. The van der Waals surface area contributed by atoms with Crippen LogP contribution < -0.4 is 20.5 Å². The lowest BCUT2D eigenvalue weighted by Gasteiger charge is -2.11. The third-order valence-electron chi connectivity index (χ3n) is 4.62. The van der Waals surface area contributed by atoms with Gasteiger partial charge in [-0.1, -0.05) is 23.2 Å². The molecule has 34 heavy (non-hydrogen) atoms. The number of pyridine rings is 1. The van der Waals surface area contributed by atoms with E-state index in [0.29, 0.717) is 39.3 Å². The zero-order valence-corrected chi connectivity index (χ0v) is 20.1. The maximum atomic E-state index is 13.0. The number of ether oxygens (including phenoxy) is 3. The molecule has 10 nitrogen and oxygen atoms in total. The predicted molar refractivity (Wildman–Crippen MR) is 124 cm³/mol. The van der Waals surface area contributed by atoms with Gasteiger partial charge in [0.25, 0.3) is 5.91 Å². The highest BCUT2D eigenvalue weighted by atomic mass is 35.5. The number of carbonyl (C=O) groups is 2. The smallest absolute Gasteiger partial charge is 0.405 e. The van der Waals surface area contributed by atoms with Crippen molar-refractivity contribution in [2.45, 2.75) is 26.5 Å². The predicted octanol–water partition coefficient (Wildman–Crippen LogP) is 4.54. The van der Waals surface area contributed by atoms with Gasteiger partial charge in [0, 0.05) is 30.1 Å². The summed E-state index contributed by atoms with van der Waals surface area (Å²) in [6, 6.07) is 5.03. The molecule has 3 N–H and O–H groups in total. The topological polar surface area (TPSA) is 139 Å². The van der Waals surface area contributed by atoms with Crippen molar-refractivity contribution >= 4 is 35.2 Å². The molecule has 180 valence electrons. The first-order valence-electron chi connectivity index (χ1n) is 10.1. The molecule has 3 rings (SSSR count). The van der Waals surface area contributed by atoms with Crippen LogP contribution in [-0.4, -0.2) is 35.7 Å². The number of primary amides is 1. The molecule has 0 unspecified atom stereocenters. The number of methoxy groups -OCH3 is 1. The number of nitrogens with two attached hydrogens (primary N) is 1. The molecule has 0 aliphatic carbocycles. The minimum absolute atomic E-state index is 0.00271. The van der Waals surface area contributed by atoms with Crippen LogP contribution in [0.25, 0.3) is 11.5 Å².